The summed E-state index contributed by atoms with van der Waals surface area (Å²) >= 11 is 6.48. The number of nitrogens with zero attached hydrogens (tertiary/aromatic N) is 4. The van der Waals surface area contributed by atoms with E-state index < -0.39 is 0 Å². The Hall–Kier alpha value is -3.45. The van der Waals surface area contributed by atoms with Gasteiger partial charge in [0.25, 0.3) is 5.91 Å². The van der Waals surface area contributed by atoms with Gasteiger partial charge < -0.3 is 5.32 Å². The predicted octanol–water partition coefficient (Wildman–Crippen LogP) is 4.82. The van der Waals surface area contributed by atoms with Crippen molar-refractivity contribution in [3.05, 3.63) is 105 Å². The maximum atomic E-state index is 13.2. The Labute approximate surface area is 197 Å². The molecular weight excluding hydrogens is 441 g/mol. The van der Waals surface area contributed by atoms with E-state index in [9.17, 15) is 9.18 Å². The van der Waals surface area contributed by atoms with Crippen LogP contribution in [0.4, 0.5) is 4.39 Å². The molecule has 4 aromatic rings. The van der Waals surface area contributed by atoms with Crippen LogP contribution in [-0.4, -0.2) is 25.5 Å². The van der Waals surface area contributed by atoms with Gasteiger partial charge in [-0.05, 0) is 55.7 Å². The minimum Gasteiger partial charge on any atom is -0.348 e. The van der Waals surface area contributed by atoms with Crippen LogP contribution in [0.1, 0.15) is 44.1 Å². The fraction of sp³-hybridized carbons (Fsp3) is 0.240. The number of carbonyl (C=O) groups excluding carboxylic acids is 1. The van der Waals surface area contributed by atoms with E-state index in [1.165, 1.54) is 12.1 Å². The quantitative estimate of drug-likeness (QED) is 0.425. The molecular formula is C25H25ClFN5O. The maximum Gasteiger partial charge on any atom is 0.256 e. The minimum absolute atomic E-state index is 0.257. The molecule has 0 fully saturated rings. The Morgan fingerprint density at radius 2 is 1.64 bits per heavy atom. The van der Waals surface area contributed by atoms with Crippen LogP contribution in [0.3, 0.4) is 0 Å². The summed E-state index contributed by atoms with van der Waals surface area (Å²) in [5.41, 5.74) is 5.91. The number of aryl methyl sites for hydroxylation is 3. The molecule has 6 nitrogen and oxygen atoms in total. The number of hydrogen-bond acceptors (Lipinski definition) is 3. The lowest BCUT2D eigenvalue weighted by molar-refractivity contribution is 0.0950. The Kier molecular flexibility index (Phi) is 6.60. The highest BCUT2D eigenvalue weighted by molar-refractivity contribution is 6.33. The van der Waals surface area contributed by atoms with Crippen molar-refractivity contribution in [3.8, 4) is 0 Å². The fourth-order valence-corrected chi connectivity index (χ4v) is 4.12. The lowest BCUT2D eigenvalue weighted by atomic mass is 10.1. The molecule has 0 radical (unpaired) electrons. The van der Waals surface area contributed by atoms with Crippen molar-refractivity contribution in [2.24, 2.45) is 0 Å². The molecule has 2 aromatic heterocycles. The van der Waals surface area contributed by atoms with E-state index in [0.29, 0.717) is 30.9 Å². The molecule has 33 heavy (non-hydrogen) atoms. The summed E-state index contributed by atoms with van der Waals surface area (Å²) in [6.07, 6.45) is 0. The second-order valence-corrected chi connectivity index (χ2v) is 8.48. The first-order valence-corrected chi connectivity index (χ1v) is 11.0. The van der Waals surface area contributed by atoms with Gasteiger partial charge >= 0.3 is 0 Å². The molecule has 0 saturated carbocycles. The number of aromatic nitrogens is 4. The molecule has 0 spiro atoms. The third kappa shape index (κ3) is 5.31. The van der Waals surface area contributed by atoms with Crippen molar-refractivity contribution in [2.45, 2.75) is 40.4 Å². The van der Waals surface area contributed by atoms with Crippen LogP contribution in [0.15, 0.2) is 54.6 Å². The van der Waals surface area contributed by atoms with Crippen LogP contribution in [-0.2, 0) is 19.6 Å². The number of halogens is 2. The molecule has 0 aliphatic rings. The first-order valence-electron chi connectivity index (χ1n) is 10.6. The van der Waals surface area contributed by atoms with Crippen LogP contribution in [0.5, 0.6) is 0 Å². The zero-order valence-corrected chi connectivity index (χ0v) is 19.5. The van der Waals surface area contributed by atoms with Crippen LogP contribution < -0.4 is 5.32 Å². The Morgan fingerprint density at radius 1 is 0.939 bits per heavy atom. The highest BCUT2D eigenvalue weighted by Gasteiger charge is 2.20. The molecule has 1 amide bonds. The van der Waals surface area contributed by atoms with Crippen molar-refractivity contribution in [3.63, 3.8) is 0 Å². The van der Waals surface area contributed by atoms with E-state index in [4.69, 9.17) is 11.6 Å². The summed E-state index contributed by atoms with van der Waals surface area (Å²) in [6, 6.07) is 16.2. The lowest BCUT2D eigenvalue weighted by Gasteiger charge is -2.09. The molecule has 0 bridgehead atoms. The molecule has 0 aliphatic carbocycles. The molecule has 1 N–H and O–H groups in total. The molecule has 0 atom stereocenters. The number of carbonyl (C=O) groups is 1. The van der Waals surface area contributed by atoms with Crippen LogP contribution in [0.25, 0.3) is 0 Å². The summed E-state index contributed by atoms with van der Waals surface area (Å²) in [4.78, 5) is 12.9. The van der Waals surface area contributed by atoms with Crippen molar-refractivity contribution < 1.29 is 9.18 Å². The van der Waals surface area contributed by atoms with Crippen LogP contribution in [0.2, 0.25) is 5.15 Å². The van der Waals surface area contributed by atoms with Gasteiger partial charge in [0.15, 0.2) is 0 Å². The van der Waals surface area contributed by atoms with Gasteiger partial charge in [0, 0.05) is 12.2 Å². The average Bonchev–Trinajstić information content (AvgIpc) is 3.24. The third-order valence-electron chi connectivity index (χ3n) is 5.42. The van der Waals surface area contributed by atoms with Gasteiger partial charge in [0.2, 0.25) is 0 Å². The van der Waals surface area contributed by atoms with Crippen LogP contribution >= 0.6 is 11.6 Å². The lowest BCUT2D eigenvalue weighted by Crippen LogP contribution is -2.23. The van der Waals surface area contributed by atoms with Crippen molar-refractivity contribution >= 4 is 17.5 Å². The minimum atomic E-state index is -0.305. The summed E-state index contributed by atoms with van der Waals surface area (Å²) in [5, 5.41) is 12.1. The molecule has 170 valence electrons. The highest BCUT2D eigenvalue weighted by atomic mass is 35.5. The maximum absolute atomic E-state index is 13.2. The van der Waals surface area contributed by atoms with Crippen molar-refractivity contribution in [1.29, 1.82) is 0 Å². The SMILES string of the molecule is Cc1cc(C)n(Cc2cccc(CNC(=O)c3c(C)nn(Cc4ccc(F)cc4)c3Cl)c2)n1. The van der Waals surface area contributed by atoms with E-state index in [1.54, 1.807) is 23.7 Å². The van der Waals surface area contributed by atoms with E-state index in [-0.39, 0.29) is 16.9 Å². The third-order valence-corrected chi connectivity index (χ3v) is 5.80. The number of benzene rings is 2. The van der Waals surface area contributed by atoms with Gasteiger partial charge in [-0.1, -0.05) is 48.0 Å². The topological polar surface area (TPSA) is 64.7 Å². The molecule has 8 heteroatoms. The first-order chi connectivity index (χ1) is 15.8. The van der Waals surface area contributed by atoms with Crippen LogP contribution in [0, 0.1) is 26.6 Å². The number of hydrogen-bond donors (Lipinski definition) is 1. The summed E-state index contributed by atoms with van der Waals surface area (Å²) in [5.74, 6) is -0.590. The van der Waals surface area contributed by atoms with E-state index >= 15 is 0 Å². The predicted molar refractivity (Wildman–Crippen MR) is 126 cm³/mol. The second-order valence-electron chi connectivity index (χ2n) is 8.12. The highest BCUT2D eigenvalue weighted by Crippen LogP contribution is 2.21. The van der Waals surface area contributed by atoms with Gasteiger partial charge in [-0.15, -0.1) is 0 Å². The monoisotopic (exact) mass is 465 g/mol. The van der Waals surface area contributed by atoms with E-state index in [1.807, 2.05) is 42.8 Å². The zero-order chi connectivity index (χ0) is 23.5. The Morgan fingerprint density at radius 3 is 2.33 bits per heavy atom. The second kappa shape index (κ2) is 9.58. The number of rotatable bonds is 7. The molecule has 2 aromatic carbocycles. The standard InChI is InChI=1S/C25H25ClFN5O/c1-16-11-17(2)31(29-16)15-21-6-4-5-20(12-21)13-28-25(33)23-18(3)30-32(24(23)26)14-19-7-9-22(27)10-8-19/h4-12H,13-15H2,1-3H3,(H,28,33). The normalized spacial score (nSPS) is 11.1. The number of amides is 1. The molecule has 0 unspecified atom stereocenters. The van der Waals surface area contributed by atoms with Gasteiger partial charge in [-0.25, -0.2) is 9.07 Å². The average molecular weight is 466 g/mol. The van der Waals surface area contributed by atoms with Gasteiger partial charge in [0.1, 0.15) is 11.0 Å². The smallest absolute Gasteiger partial charge is 0.256 e. The van der Waals surface area contributed by atoms with E-state index in [0.717, 1.165) is 28.1 Å². The van der Waals surface area contributed by atoms with E-state index in [2.05, 4.69) is 21.6 Å². The Balaban J connectivity index is 1.43. The summed E-state index contributed by atoms with van der Waals surface area (Å²) in [7, 11) is 0. The largest absolute Gasteiger partial charge is 0.348 e. The molecule has 2 heterocycles. The molecule has 4 rings (SSSR count). The fourth-order valence-electron chi connectivity index (χ4n) is 3.80. The number of nitrogens with one attached hydrogen (secondary N) is 1. The summed E-state index contributed by atoms with van der Waals surface area (Å²) in [6.45, 7) is 7.14. The van der Waals surface area contributed by atoms with Crippen molar-refractivity contribution in [1.82, 2.24) is 24.9 Å². The molecule has 0 aliphatic heterocycles. The van der Waals surface area contributed by atoms with Gasteiger partial charge in [-0.2, -0.15) is 10.2 Å². The zero-order valence-electron chi connectivity index (χ0n) is 18.8. The summed E-state index contributed by atoms with van der Waals surface area (Å²) < 4.78 is 16.7. The van der Waals surface area contributed by atoms with Gasteiger partial charge in [0.05, 0.1) is 30.0 Å². The van der Waals surface area contributed by atoms with Gasteiger partial charge in [-0.3, -0.25) is 9.48 Å². The van der Waals surface area contributed by atoms with Crippen molar-refractivity contribution in [2.75, 3.05) is 0 Å². The molecule has 0 saturated heterocycles. The first kappa shape index (κ1) is 22.7. The Bertz CT molecular complexity index is 1290.